The predicted molar refractivity (Wildman–Crippen MR) is 109 cm³/mol. The smallest absolute Gasteiger partial charge is 0.185 e. The number of rotatable bonds is 12. The lowest BCUT2D eigenvalue weighted by molar-refractivity contribution is -0.111. The molecule has 140 valence electrons. The van der Waals surface area contributed by atoms with Gasteiger partial charge in [-0.15, -0.1) is 0 Å². The van der Waals surface area contributed by atoms with Gasteiger partial charge in [0, 0.05) is 12.2 Å². The summed E-state index contributed by atoms with van der Waals surface area (Å²) in [4.78, 5) is 12.2. The number of carbonyl (C=O) groups excluding carboxylic acids is 1. The maximum absolute atomic E-state index is 12.2. The summed E-state index contributed by atoms with van der Waals surface area (Å²) in [5.74, 6) is 0.756. The summed E-state index contributed by atoms with van der Waals surface area (Å²) in [6.45, 7) is 8.60. The molecule has 1 rings (SSSR count). The molecular formula is C23H30O3. The first-order valence-corrected chi connectivity index (χ1v) is 9.10. The fourth-order valence-corrected chi connectivity index (χ4v) is 2.21. The summed E-state index contributed by atoms with van der Waals surface area (Å²) >= 11 is 0. The second kappa shape index (κ2) is 12.9. The second-order valence-electron chi connectivity index (χ2n) is 6.32. The number of benzene rings is 1. The van der Waals surface area contributed by atoms with Crippen molar-refractivity contribution in [3.63, 3.8) is 0 Å². The van der Waals surface area contributed by atoms with Gasteiger partial charge in [-0.1, -0.05) is 55.0 Å². The molecule has 1 aromatic rings. The summed E-state index contributed by atoms with van der Waals surface area (Å²) in [7, 11) is 0. The lowest BCUT2D eigenvalue weighted by Crippen LogP contribution is -1.97. The van der Waals surface area contributed by atoms with E-state index in [9.17, 15) is 4.79 Å². The molecule has 0 aliphatic carbocycles. The van der Waals surface area contributed by atoms with Crippen LogP contribution in [0.2, 0.25) is 0 Å². The van der Waals surface area contributed by atoms with Crippen molar-refractivity contribution in [3.05, 3.63) is 71.9 Å². The summed E-state index contributed by atoms with van der Waals surface area (Å²) in [6, 6.07) is 7.67. The molecule has 0 amide bonds. The van der Waals surface area contributed by atoms with Crippen molar-refractivity contribution in [2.45, 2.75) is 39.5 Å². The van der Waals surface area contributed by atoms with Crippen molar-refractivity contribution in [2.75, 3.05) is 13.2 Å². The molecule has 0 spiro atoms. The normalized spacial score (nSPS) is 11.4. The number of ketones is 1. The van der Waals surface area contributed by atoms with Crippen LogP contribution in [0.5, 0.6) is 5.75 Å². The monoisotopic (exact) mass is 354 g/mol. The molecule has 0 fully saturated rings. The lowest BCUT2D eigenvalue weighted by Gasteiger charge is -2.06. The van der Waals surface area contributed by atoms with Gasteiger partial charge in [-0.05, 0) is 56.9 Å². The number of unbranched alkanes of at least 4 members (excludes halogenated alkanes) is 3. The molecular weight excluding hydrogens is 324 g/mol. The van der Waals surface area contributed by atoms with Crippen LogP contribution in [0.4, 0.5) is 0 Å². The Balaban J connectivity index is 2.51. The van der Waals surface area contributed by atoms with Crippen molar-refractivity contribution < 1.29 is 14.6 Å². The maximum Gasteiger partial charge on any atom is 0.185 e. The van der Waals surface area contributed by atoms with Gasteiger partial charge in [0.15, 0.2) is 5.78 Å². The Morgan fingerprint density at radius 1 is 1.08 bits per heavy atom. The molecule has 0 aliphatic heterocycles. The van der Waals surface area contributed by atoms with Crippen LogP contribution in [0, 0.1) is 0 Å². The number of aliphatic hydroxyl groups is 1. The van der Waals surface area contributed by atoms with Crippen LogP contribution in [0.3, 0.4) is 0 Å². The van der Waals surface area contributed by atoms with Crippen LogP contribution in [-0.2, 0) is 4.79 Å². The molecule has 0 saturated carbocycles. The largest absolute Gasteiger partial charge is 0.494 e. The van der Waals surface area contributed by atoms with Gasteiger partial charge in [0.2, 0.25) is 0 Å². The SMILES string of the molecule is C=CC(=CC=C(C)C)C(=O)C=Cc1ccc(OCCCCCCO)cc1. The van der Waals surface area contributed by atoms with Crippen molar-refractivity contribution in [3.8, 4) is 5.75 Å². The number of carbonyl (C=O) groups is 1. The van der Waals surface area contributed by atoms with Gasteiger partial charge < -0.3 is 9.84 Å². The highest BCUT2D eigenvalue weighted by molar-refractivity contribution is 6.08. The van der Waals surface area contributed by atoms with E-state index < -0.39 is 0 Å². The lowest BCUT2D eigenvalue weighted by atomic mass is 10.1. The highest BCUT2D eigenvalue weighted by Gasteiger charge is 2.01. The van der Waals surface area contributed by atoms with E-state index in [1.54, 1.807) is 24.3 Å². The molecule has 1 N–H and O–H groups in total. The number of allylic oxidation sites excluding steroid dienone is 6. The van der Waals surface area contributed by atoms with Gasteiger partial charge in [-0.2, -0.15) is 0 Å². The van der Waals surface area contributed by atoms with E-state index >= 15 is 0 Å². The summed E-state index contributed by atoms with van der Waals surface area (Å²) in [5, 5.41) is 8.73. The average molecular weight is 354 g/mol. The zero-order valence-electron chi connectivity index (χ0n) is 15.9. The van der Waals surface area contributed by atoms with E-state index in [4.69, 9.17) is 9.84 Å². The molecule has 0 saturated heterocycles. The molecule has 3 nitrogen and oxygen atoms in total. The molecule has 0 aromatic heterocycles. The maximum atomic E-state index is 12.2. The van der Waals surface area contributed by atoms with Crippen LogP contribution < -0.4 is 4.74 Å². The van der Waals surface area contributed by atoms with Gasteiger partial charge in [-0.3, -0.25) is 4.79 Å². The molecule has 0 atom stereocenters. The number of ether oxygens (including phenoxy) is 1. The van der Waals surface area contributed by atoms with Crippen LogP contribution in [0.1, 0.15) is 45.1 Å². The summed E-state index contributed by atoms with van der Waals surface area (Å²) in [5.41, 5.74) is 2.65. The Kier molecular flexibility index (Phi) is 10.7. The van der Waals surface area contributed by atoms with E-state index in [2.05, 4.69) is 6.58 Å². The highest BCUT2D eigenvalue weighted by Crippen LogP contribution is 2.14. The van der Waals surface area contributed by atoms with Gasteiger partial charge in [-0.25, -0.2) is 0 Å². The van der Waals surface area contributed by atoms with E-state index in [0.29, 0.717) is 12.2 Å². The van der Waals surface area contributed by atoms with Crippen LogP contribution in [0.15, 0.2) is 66.3 Å². The third-order valence-electron chi connectivity index (χ3n) is 3.73. The third kappa shape index (κ3) is 9.19. The quantitative estimate of drug-likeness (QED) is 0.316. The minimum atomic E-state index is -0.0688. The van der Waals surface area contributed by atoms with Crippen LogP contribution in [-0.4, -0.2) is 24.1 Å². The Morgan fingerprint density at radius 3 is 2.38 bits per heavy atom. The number of hydrogen-bond donors (Lipinski definition) is 1. The van der Waals surface area contributed by atoms with Crippen molar-refractivity contribution in [2.24, 2.45) is 0 Å². The standard InChI is InChI=1S/C23H30O3/c1-4-21(13-9-19(2)3)23(25)16-12-20-10-14-22(15-11-20)26-18-8-6-5-7-17-24/h4,9-16,24H,1,5-8,17-18H2,2-3H3. The van der Waals surface area contributed by atoms with E-state index in [1.165, 1.54) is 0 Å². The first-order valence-electron chi connectivity index (χ1n) is 9.10. The van der Waals surface area contributed by atoms with Crippen LogP contribution in [0.25, 0.3) is 6.08 Å². The molecule has 3 heteroatoms. The number of aliphatic hydroxyl groups excluding tert-OH is 1. The molecule has 0 aliphatic rings. The molecule has 1 aromatic carbocycles. The van der Waals surface area contributed by atoms with Gasteiger partial charge >= 0.3 is 0 Å². The molecule has 0 unspecified atom stereocenters. The van der Waals surface area contributed by atoms with E-state index in [1.807, 2.05) is 44.2 Å². The minimum absolute atomic E-state index is 0.0688. The zero-order chi connectivity index (χ0) is 19.2. The molecule has 26 heavy (non-hydrogen) atoms. The molecule has 0 radical (unpaired) electrons. The Labute approximate surface area is 157 Å². The third-order valence-corrected chi connectivity index (χ3v) is 3.73. The molecule has 0 bridgehead atoms. The second-order valence-corrected chi connectivity index (χ2v) is 6.32. The van der Waals surface area contributed by atoms with E-state index in [0.717, 1.165) is 42.6 Å². The Bertz CT molecular complexity index is 645. The minimum Gasteiger partial charge on any atom is -0.494 e. The fourth-order valence-electron chi connectivity index (χ4n) is 2.21. The first kappa shape index (κ1) is 21.7. The van der Waals surface area contributed by atoms with Crippen LogP contribution >= 0.6 is 0 Å². The van der Waals surface area contributed by atoms with Crippen molar-refractivity contribution in [1.82, 2.24) is 0 Å². The topological polar surface area (TPSA) is 46.5 Å². The molecule has 0 heterocycles. The van der Waals surface area contributed by atoms with E-state index in [-0.39, 0.29) is 12.4 Å². The summed E-state index contributed by atoms with van der Waals surface area (Å²) < 4.78 is 5.69. The first-order chi connectivity index (χ1) is 12.6. The Hall–Kier alpha value is -2.39. The Morgan fingerprint density at radius 2 is 1.77 bits per heavy atom. The zero-order valence-corrected chi connectivity index (χ0v) is 15.9. The van der Waals surface area contributed by atoms with Gasteiger partial charge in [0.05, 0.1) is 6.61 Å². The van der Waals surface area contributed by atoms with Gasteiger partial charge in [0.25, 0.3) is 0 Å². The van der Waals surface area contributed by atoms with Crippen molar-refractivity contribution in [1.29, 1.82) is 0 Å². The number of hydrogen-bond acceptors (Lipinski definition) is 3. The van der Waals surface area contributed by atoms with Crippen molar-refractivity contribution >= 4 is 11.9 Å². The fraction of sp³-hybridized carbons (Fsp3) is 0.348. The summed E-state index contributed by atoms with van der Waals surface area (Å²) in [6.07, 6.45) is 12.6. The average Bonchev–Trinajstić information content (AvgIpc) is 2.64. The van der Waals surface area contributed by atoms with Gasteiger partial charge in [0.1, 0.15) is 5.75 Å². The predicted octanol–water partition coefficient (Wildman–Crippen LogP) is 5.28. The highest BCUT2D eigenvalue weighted by atomic mass is 16.5.